The molecule has 4 nitrogen and oxygen atoms in total. The molecule has 108 valence electrons. The van der Waals surface area contributed by atoms with Crippen molar-refractivity contribution in [3.63, 3.8) is 0 Å². The van der Waals surface area contributed by atoms with Crippen LogP contribution in [0.15, 0.2) is 35.3 Å². The molecule has 0 amide bonds. The van der Waals surface area contributed by atoms with E-state index in [1.807, 2.05) is 35.2 Å². The molecule has 0 spiro atoms. The number of aliphatic imine (C=N–C) groups is 1. The van der Waals surface area contributed by atoms with Crippen molar-refractivity contribution in [1.29, 1.82) is 0 Å². The minimum atomic E-state index is 0. The summed E-state index contributed by atoms with van der Waals surface area (Å²) in [6.45, 7) is 7.31. The highest BCUT2D eigenvalue weighted by Crippen LogP contribution is 2.08. The zero-order chi connectivity index (χ0) is 13.2. The number of nitrogens with zero attached hydrogens (tertiary/aromatic N) is 2. The maximum atomic E-state index is 5.87. The molecule has 0 radical (unpaired) electrons. The van der Waals surface area contributed by atoms with Crippen LogP contribution in [0.4, 0.5) is 0 Å². The van der Waals surface area contributed by atoms with Gasteiger partial charge in [-0.2, -0.15) is 0 Å². The Balaban J connectivity index is 0.00000324. The van der Waals surface area contributed by atoms with Crippen molar-refractivity contribution in [3.05, 3.63) is 30.3 Å². The van der Waals surface area contributed by atoms with Crippen molar-refractivity contribution < 1.29 is 4.74 Å². The second-order valence-corrected chi connectivity index (χ2v) is 3.93. The Morgan fingerprint density at radius 3 is 2.42 bits per heavy atom. The third-order valence-corrected chi connectivity index (χ3v) is 2.68. The Morgan fingerprint density at radius 2 is 1.84 bits per heavy atom. The minimum Gasteiger partial charge on any atom is -0.494 e. The average Bonchev–Trinajstić information content (AvgIpc) is 2.41. The molecule has 0 saturated carbocycles. The van der Waals surface area contributed by atoms with E-state index in [1.165, 1.54) is 0 Å². The van der Waals surface area contributed by atoms with Gasteiger partial charge in [-0.05, 0) is 26.0 Å². The maximum Gasteiger partial charge on any atom is 0.191 e. The lowest BCUT2D eigenvalue weighted by molar-refractivity contribution is 0.313. The van der Waals surface area contributed by atoms with Gasteiger partial charge in [-0.3, -0.25) is 4.99 Å². The first-order valence-electron chi connectivity index (χ1n) is 6.50. The van der Waals surface area contributed by atoms with E-state index in [0.29, 0.717) is 19.1 Å². The van der Waals surface area contributed by atoms with E-state index >= 15 is 0 Å². The van der Waals surface area contributed by atoms with Crippen molar-refractivity contribution in [3.8, 4) is 5.75 Å². The third kappa shape index (κ3) is 7.25. The Kier molecular flexibility index (Phi) is 10.3. The van der Waals surface area contributed by atoms with E-state index in [0.717, 1.165) is 25.3 Å². The molecule has 0 saturated heterocycles. The number of para-hydroxylation sites is 1. The Labute approximate surface area is 133 Å². The molecule has 0 heterocycles. The number of ether oxygens (including phenoxy) is 1. The van der Waals surface area contributed by atoms with Gasteiger partial charge in [-0.15, -0.1) is 24.0 Å². The van der Waals surface area contributed by atoms with Gasteiger partial charge in [0.15, 0.2) is 5.96 Å². The summed E-state index contributed by atoms with van der Waals surface area (Å²) in [6, 6.07) is 9.81. The van der Waals surface area contributed by atoms with Gasteiger partial charge < -0.3 is 15.4 Å². The van der Waals surface area contributed by atoms with Gasteiger partial charge in [0, 0.05) is 26.1 Å². The molecule has 0 aromatic heterocycles. The van der Waals surface area contributed by atoms with Crippen molar-refractivity contribution in [2.45, 2.75) is 20.3 Å². The topological polar surface area (TPSA) is 50.8 Å². The van der Waals surface area contributed by atoms with Gasteiger partial charge >= 0.3 is 0 Å². The van der Waals surface area contributed by atoms with E-state index in [-0.39, 0.29) is 24.0 Å². The van der Waals surface area contributed by atoms with Crippen LogP contribution in [0.2, 0.25) is 0 Å². The number of guanidine groups is 1. The smallest absolute Gasteiger partial charge is 0.191 e. The van der Waals surface area contributed by atoms with E-state index in [4.69, 9.17) is 10.5 Å². The fraction of sp³-hybridized carbons (Fsp3) is 0.500. The van der Waals surface area contributed by atoms with Crippen molar-refractivity contribution in [2.24, 2.45) is 10.7 Å². The number of hydrogen-bond donors (Lipinski definition) is 1. The predicted octanol–water partition coefficient (Wildman–Crippen LogP) is 2.73. The average molecular weight is 377 g/mol. The van der Waals surface area contributed by atoms with Crippen LogP contribution in [0.1, 0.15) is 20.3 Å². The van der Waals surface area contributed by atoms with Crippen LogP contribution in [0, 0.1) is 0 Å². The van der Waals surface area contributed by atoms with Crippen molar-refractivity contribution >= 4 is 29.9 Å². The number of hydrogen-bond acceptors (Lipinski definition) is 2. The summed E-state index contributed by atoms with van der Waals surface area (Å²) >= 11 is 0. The van der Waals surface area contributed by atoms with Crippen LogP contribution in [0.25, 0.3) is 0 Å². The lowest BCUT2D eigenvalue weighted by atomic mass is 10.3. The molecule has 5 heteroatoms. The third-order valence-electron chi connectivity index (χ3n) is 2.68. The molecular formula is C14H24IN3O. The van der Waals surface area contributed by atoms with E-state index in [2.05, 4.69) is 18.8 Å². The summed E-state index contributed by atoms with van der Waals surface area (Å²) in [4.78, 5) is 6.38. The fourth-order valence-corrected chi connectivity index (χ4v) is 1.61. The lowest BCUT2D eigenvalue weighted by Gasteiger charge is -2.19. The highest BCUT2D eigenvalue weighted by atomic mass is 127. The molecule has 19 heavy (non-hydrogen) atoms. The van der Waals surface area contributed by atoms with Crippen molar-refractivity contribution in [2.75, 3.05) is 26.2 Å². The molecule has 0 aliphatic heterocycles. The monoisotopic (exact) mass is 377 g/mol. The summed E-state index contributed by atoms with van der Waals surface area (Å²) in [5.74, 6) is 1.53. The first-order valence-corrected chi connectivity index (χ1v) is 6.50. The summed E-state index contributed by atoms with van der Waals surface area (Å²) in [5.41, 5.74) is 5.87. The SMILES string of the molecule is CCN(CC)C(N)=NCCCOc1ccccc1.I. The zero-order valence-corrected chi connectivity index (χ0v) is 14.0. The lowest BCUT2D eigenvalue weighted by Crippen LogP contribution is -2.37. The van der Waals surface area contributed by atoms with Crippen LogP contribution in [-0.4, -0.2) is 37.1 Å². The van der Waals surface area contributed by atoms with Crippen molar-refractivity contribution in [1.82, 2.24) is 4.90 Å². The van der Waals surface area contributed by atoms with Crippen LogP contribution in [0.5, 0.6) is 5.75 Å². The Morgan fingerprint density at radius 1 is 1.21 bits per heavy atom. The van der Waals surface area contributed by atoms with Gasteiger partial charge in [0.25, 0.3) is 0 Å². The highest BCUT2D eigenvalue weighted by molar-refractivity contribution is 14.0. The minimum absolute atomic E-state index is 0. The summed E-state index contributed by atoms with van der Waals surface area (Å²) < 4.78 is 5.58. The summed E-state index contributed by atoms with van der Waals surface area (Å²) in [6.07, 6.45) is 0.872. The normalized spacial score (nSPS) is 10.7. The van der Waals surface area contributed by atoms with E-state index < -0.39 is 0 Å². The standard InChI is InChI=1S/C14H23N3O.HI/c1-3-17(4-2)14(15)16-11-8-12-18-13-9-6-5-7-10-13;/h5-7,9-10H,3-4,8,11-12H2,1-2H3,(H2,15,16);1H. The number of halogens is 1. The molecule has 0 fully saturated rings. The van der Waals surface area contributed by atoms with Crippen LogP contribution in [-0.2, 0) is 0 Å². The fourth-order valence-electron chi connectivity index (χ4n) is 1.61. The first kappa shape index (κ1) is 18.0. The quantitative estimate of drug-likeness (QED) is 0.344. The highest BCUT2D eigenvalue weighted by Gasteiger charge is 2.00. The van der Waals surface area contributed by atoms with E-state index in [1.54, 1.807) is 0 Å². The summed E-state index contributed by atoms with van der Waals surface area (Å²) in [5, 5.41) is 0. The molecule has 0 atom stereocenters. The van der Waals surface area contributed by atoms with Gasteiger partial charge in [-0.25, -0.2) is 0 Å². The van der Waals surface area contributed by atoms with Crippen LogP contribution in [0.3, 0.4) is 0 Å². The molecular weight excluding hydrogens is 353 g/mol. The second-order valence-electron chi connectivity index (χ2n) is 3.93. The summed E-state index contributed by atoms with van der Waals surface area (Å²) in [7, 11) is 0. The molecule has 0 unspecified atom stereocenters. The van der Waals surface area contributed by atoms with E-state index in [9.17, 15) is 0 Å². The Hall–Kier alpha value is -0.980. The van der Waals surface area contributed by atoms with Crippen LogP contribution >= 0.6 is 24.0 Å². The second kappa shape index (κ2) is 10.9. The molecule has 2 N–H and O–H groups in total. The molecule has 1 rings (SSSR count). The molecule has 0 aliphatic rings. The van der Waals surface area contributed by atoms with Crippen LogP contribution < -0.4 is 10.5 Å². The number of benzene rings is 1. The number of nitrogens with two attached hydrogens (primary N) is 1. The predicted molar refractivity (Wildman–Crippen MR) is 91.4 cm³/mol. The molecule has 1 aromatic carbocycles. The largest absolute Gasteiger partial charge is 0.494 e. The first-order chi connectivity index (χ1) is 8.77. The molecule has 0 aliphatic carbocycles. The maximum absolute atomic E-state index is 5.87. The van der Waals surface area contributed by atoms with Gasteiger partial charge in [0.05, 0.1) is 6.61 Å². The number of rotatable bonds is 7. The Bertz CT molecular complexity index is 353. The zero-order valence-electron chi connectivity index (χ0n) is 11.7. The molecule has 1 aromatic rings. The molecule has 0 bridgehead atoms. The van der Waals surface area contributed by atoms with Gasteiger partial charge in [0.1, 0.15) is 5.75 Å². The van der Waals surface area contributed by atoms with Gasteiger partial charge in [-0.1, -0.05) is 18.2 Å². The van der Waals surface area contributed by atoms with Gasteiger partial charge in [0.2, 0.25) is 0 Å².